The van der Waals surface area contributed by atoms with Crippen LogP contribution in [-0.4, -0.2) is 25.0 Å². The second-order valence-corrected chi connectivity index (χ2v) is 4.38. The van der Waals surface area contributed by atoms with E-state index in [-0.39, 0.29) is 5.28 Å². The monoisotopic (exact) mass is 271 g/mol. The minimum Gasteiger partial charge on any atom is -0.226 e. The van der Waals surface area contributed by atoms with Gasteiger partial charge in [0.1, 0.15) is 5.69 Å². The molecule has 0 N–H and O–H groups in total. The SMILES string of the molecule is Cc1cnc(Cl)nc1-c1cnnn1-c1ccccc1. The van der Waals surface area contributed by atoms with Crippen molar-refractivity contribution in [3.63, 3.8) is 0 Å². The predicted octanol–water partition coefficient (Wildman–Crippen LogP) is 2.69. The summed E-state index contributed by atoms with van der Waals surface area (Å²) in [7, 11) is 0. The zero-order valence-electron chi connectivity index (χ0n) is 10.2. The molecule has 0 amide bonds. The van der Waals surface area contributed by atoms with E-state index in [1.807, 2.05) is 37.3 Å². The maximum atomic E-state index is 5.86. The molecule has 3 rings (SSSR count). The molecule has 0 unspecified atom stereocenters. The fourth-order valence-electron chi connectivity index (χ4n) is 1.84. The van der Waals surface area contributed by atoms with Crippen LogP contribution in [0.4, 0.5) is 0 Å². The van der Waals surface area contributed by atoms with E-state index in [9.17, 15) is 0 Å². The summed E-state index contributed by atoms with van der Waals surface area (Å²) in [6, 6.07) is 9.75. The molecule has 2 heterocycles. The van der Waals surface area contributed by atoms with E-state index < -0.39 is 0 Å². The summed E-state index contributed by atoms with van der Waals surface area (Å²) in [5.41, 5.74) is 3.36. The lowest BCUT2D eigenvalue weighted by Crippen LogP contribution is -2.01. The predicted molar refractivity (Wildman–Crippen MR) is 72.1 cm³/mol. The highest BCUT2D eigenvalue weighted by Crippen LogP contribution is 2.23. The number of nitrogens with zero attached hydrogens (tertiary/aromatic N) is 5. The van der Waals surface area contributed by atoms with Crippen LogP contribution in [0.25, 0.3) is 17.1 Å². The van der Waals surface area contributed by atoms with Gasteiger partial charge in [0.25, 0.3) is 0 Å². The molecule has 0 saturated heterocycles. The number of hydrogen-bond acceptors (Lipinski definition) is 4. The van der Waals surface area contributed by atoms with Crippen LogP contribution < -0.4 is 0 Å². The zero-order valence-corrected chi connectivity index (χ0v) is 10.9. The van der Waals surface area contributed by atoms with Gasteiger partial charge in [-0.15, -0.1) is 5.10 Å². The molecule has 94 valence electrons. The zero-order chi connectivity index (χ0) is 13.2. The average Bonchev–Trinajstić information content (AvgIpc) is 2.91. The van der Waals surface area contributed by atoms with Gasteiger partial charge in [-0.2, -0.15) is 0 Å². The van der Waals surface area contributed by atoms with Crippen LogP contribution in [0.1, 0.15) is 5.56 Å². The topological polar surface area (TPSA) is 56.5 Å². The van der Waals surface area contributed by atoms with E-state index in [1.54, 1.807) is 17.1 Å². The van der Waals surface area contributed by atoms with Gasteiger partial charge in [-0.1, -0.05) is 23.4 Å². The third-order valence-electron chi connectivity index (χ3n) is 2.73. The van der Waals surface area contributed by atoms with E-state index in [0.29, 0.717) is 0 Å². The molecule has 0 saturated carbocycles. The Balaban J connectivity index is 2.18. The molecule has 19 heavy (non-hydrogen) atoms. The van der Waals surface area contributed by atoms with Gasteiger partial charge in [-0.25, -0.2) is 14.6 Å². The van der Waals surface area contributed by atoms with Crippen molar-refractivity contribution in [1.29, 1.82) is 0 Å². The van der Waals surface area contributed by atoms with Gasteiger partial charge >= 0.3 is 0 Å². The highest BCUT2D eigenvalue weighted by Gasteiger charge is 2.13. The lowest BCUT2D eigenvalue weighted by Gasteiger charge is -2.07. The van der Waals surface area contributed by atoms with Crippen molar-refractivity contribution in [3.8, 4) is 17.1 Å². The van der Waals surface area contributed by atoms with Gasteiger partial charge in [0.15, 0.2) is 0 Å². The van der Waals surface area contributed by atoms with Crippen molar-refractivity contribution < 1.29 is 0 Å². The molecule has 0 aliphatic rings. The Morgan fingerprint density at radius 2 is 1.89 bits per heavy atom. The Hall–Kier alpha value is -2.27. The van der Waals surface area contributed by atoms with E-state index in [1.165, 1.54) is 0 Å². The first-order valence-electron chi connectivity index (χ1n) is 5.71. The highest BCUT2D eigenvalue weighted by molar-refractivity contribution is 6.28. The molecule has 0 bridgehead atoms. The highest BCUT2D eigenvalue weighted by atomic mass is 35.5. The Kier molecular flexibility index (Phi) is 2.97. The number of para-hydroxylation sites is 1. The number of aryl methyl sites for hydroxylation is 1. The van der Waals surface area contributed by atoms with Crippen LogP contribution >= 0.6 is 11.6 Å². The first-order chi connectivity index (χ1) is 9.25. The molecule has 1 aromatic carbocycles. The third-order valence-corrected chi connectivity index (χ3v) is 2.92. The molecule has 0 aliphatic carbocycles. The van der Waals surface area contributed by atoms with Gasteiger partial charge in [0.2, 0.25) is 5.28 Å². The van der Waals surface area contributed by atoms with E-state index >= 15 is 0 Å². The first-order valence-corrected chi connectivity index (χ1v) is 6.09. The molecule has 2 aromatic heterocycles. The fraction of sp³-hybridized carbons (Fsp3) is 0.0769. The lowest BCUT2D eigenvalue weighted by molar-refractivity contribution is 0.805. The summed E-state index contributed by atoms with van der Waals surface area (Å²) >= 11 is 5.86. The van der Waals surface area contributed by atoms with Crippen LogP contribution in [0.5, 0.6) is 0 Å². The Morgan fingerprint density at radius 1 is 1.11 bits per heavy atom. The van der Waals surface area contributed by atoms with E-state index in [0.717, 1.165) is 22.6 Å². The molecular formula is C13H10ClN5. The number of benzene rings is 1. The number of hydrogen-bond donors (Lipinski definition) is 0. The van der Waals surface area contributed by atoms with Gasteiger partial charge in [-0.05, 0) is 36.2 Å². The number of aromatic nitrogens is 5. The fourth-order valence-corrected chi connectivity index (χ4v) is 1.97. The summed E-state index contributed by atoms with van der Waals surface area (Å²) in [6.45, 7) is 1.92. The summed E-state index contributed by atoms with van der Waals surface area (Å²) < 4.78 is 1.73. The molecule has 0 radical (unpaired) electrons. The van der Waals surface area contributed by atoms with Gasteiger partial charge in [0, 0.05) is 6.20 Å². The molecule has 0 fully saturated rings. The van der Waals surface area contributed by atoms with Crippen molar-refractivity contribution in [2.45, 2.75) is 6.92 Å². The van der Waals surface area contributed by atoms with Crippen molar-refractivity contribution in [2.75, 3.05) is 0 Å². The molecule has 0 aliphatic heterocycles. The largest absolute Gasteiger partial charge is 0.226 e. The second-order valence-electron chi connectivity index (χ2n) is 4.04. The molecular weight excluding hydrogens is 262 g/mol. The molecule has 6 heteroatoms. The van der Waals surface area contributed by atoms with Crippen LogP contribution in [-0.2, 0) is 0 Å². The standard InChI is InChI=1S/C13H10ClN5/c1-9-7-15-13(14)17-12(9)11-8-16-18-19(11)10-5-3-2-4-6-10/h2-8H,1H3. The van der Waals surface area contributed by atoms with Gasteiger partial charge in [-0.3, -0.25) is 0 Å². The lowest BCUT2D eigenvalue weighted by atomic mass is 10.2. The van der Waals surface area contributed by atoms with Crippen LogP contribution in [0.2, 0.25) is 5.28 Å². The number of halogens is 1. The van der Waals surface area contributed by atoms with Gasteiger partial charge < -0.3 is 0 Å². The quantitative estimate of drug-likeness (QED) is 0.673. The normalized spacial score (nSPS) is 10.6. The van der Waals surface area contributed by atoms with Crippen molar-refractivity contribution in [3.05, 3.63) is 53.6 Å². The summed E-state index contributed by atoms with van der Waals surface area (Å²) in [5, 5.41) is 8.26. The van der Waals surface area contributed by atoms with Crippen molar-refractivity contribution >= 4 is 11.6 Å². The van der Waals surface area contributed by atoms with E-state index in [2.05, 4.69) is 20.3 Å². The maximum absolute atomic E-state index is 5.86. The average molecular weight is 272 g/mol. The first kappa shape index (κ1) is 11.8. The van der Waals surface area contributed by atoms with Crippen LogP contribution in [0.3, 0.4) is 0 Å². The van der Waals surface area contributed by atoms with Crippen LogP contribution in [0.15, 0.2) is 42.7 Å². The minimum atomic E-state index is 0.210. The van der Waals surface area contributed by atoms with Crippen molar-refractivity contribution in [1.82, 2.24) is 25.0 Å². The molecule has 0 atom stereocenters. The summed E-state index contributed by atoms with van der Waals surface area (Å²) in [6.07, 6.45) is 3.35. The Morgan fingerprint density at radius 3 is 2.68 bits per heavy atom. The van der Waals surface area contributed by atoms with E-state index in [4.69, 9.17) is 11.6 Å². The minimum absolute atomic E-state index is 0.210. The van der Waals surface area contributed by atoms with Crippen molar-refractivity contribution in [2.24, 2.45) is 0 Å². The molecule has 0 spiro atoms. The third kappa shape index (κ3) is 2.20. The summed E-state index contributed by atoms with van der Waals surface area (Å²) in [5.74, 6) is 0. The Bertz CT molecular complexity index is 708. The molecule has 3 aromatic rings. The second kappa shape index (κ2) is 4.78. The van der Waals surface area contributed by atoms with Gasteiger partial charge in [0.05, 0.1) is 17.6 Å². The van der Waals surface area contributed by atoms with Crippen LogP contribution in [0, 0.1) is 6.92 Å². The Labute approximate surface area is 114 Å². The molecule has 5 nitrogen and oxygen atoms in total. The summed E-state index contributed by atoms with van der Waals surface area (Å²) in [4.78, 5) is 8.21. The maximum Gasteiger partial charge on any atom is 0.222 e. The number of rotatable bonds is 2. The smallest absolute Gasteiger partial charge is 0.222 e.